The van der Waals surface area contributed by atoms with Crippen molar-refractivity contribution in [2.75, 3.05) is 25.0 Å². The summed E-state index contributed by atoms with van der Waals surface area (Å²) in [6, 6.07) is 0. The molecule has 0 aromatic rings. The van der Waals surface area contributed by atoms with Crippen molar-refractivity contribution < 1.29 is 44.3 Å². The van der Waals surface area contributed by atoms with Crippen LogP contribution in [0.25, 0.3) is 0 Å². The van der Waals surface area contributed by atoms with E-state index in [-0.39, 0.29) is 11.8 Å². The number of rotatable bonds is 11. The molecule has 0 aliphatic heterocycles. The molecule has 11 heteroatoms. The standard InChI is InChI=1S/C12H18Cl2O9/c13-3-7(15)5-22-10(19)2-12(21,1-9(17)18)11(20)23-6-8(16)4-14/h7-8,15-16,21H,1-6H2,(H,17,18). The Labute approximate surface area is 141 Å². The largest absolute Gasteiger partial charge is 0.481 e. The molecule has 4 N–H and O–H groups in total. The number of alkyl halides is 2. The number of carboxylic acid groups (broad SMARTS) is 1. The van der Waals surface area contributed by atoms with Crippen molar-refractivity contribution in [2.24, 2.45) is 0 Å². The first-order chi connectivity index (χ1) is 10.6. The van der Waals surface area contributed by atoms with Crippen molar-refractivity contribution in [3.63, 3.8) is 0 Å². The maximum Gasteiger partial charge on any atom is 0.339 e. The summed E-state index contributed by atoms with van der Waals surface area (Å²) in [4.78, 5) is 34.1. The highest BCUT2D eigenvalue weighted by Gasteiger charge is 2.43. The van der Waals surface area contributed by atoms with E-state index in [2.05, 4.69) is 9.47 Å². The lowest BCUT2D eigenvalue weighted by Gasteiger charge is -2.24. The SMILES string of the molecule is O=C(O)CC(O)(CC(=O)OCC(O)CCl)C(=O)OCC(O)CCl. The molecule has 0 aliphatic rings. The van der Waals surface area contributed by atoms with Crippen LogP contribution in [0.15, 0.2) is 0 Å². The highest BCUT2D eigenvalue weighted by Crippen LogP contribution is 2.19. The molecule has 0 saturated carbocycles. The van der Waals surface area contributed by atoms with E-state index < -0.39 is 61.8 Å². The van der Waals surface area contributed by atoms with E-state index in [1.54, 1.807) is 0 Å². The number of hydrogen-bond acceptors (Lipinski definition) is 8. The first kappa shape index (κ1) is 21.9. The van der Waals surface area contributed by atoms with Gasteiger partial charge in [-0.05, 0) is 0 Å². The van der Waals surface area contributed by atoms with E-state index in [1.165, 1.54) is 0 Å². The Hall–Kier alpha value is -1.13. The van der Waals surface area contributed by atoms with Gasteiger partial charge in [0.25, 0.3) is 0 Å². The second kappa shape index (κ2) is 10.6. The fourth-order valence-corrected chi connectivity index (χ4v) is 1.51. The van der Waals surface area contributed by atoms with Crippen LogP contribution in [0.2, 0.25) is 0 Å². The second-order valence-electron chi connectivity index (χ2n) is 4.68. The molecule has 0 saturated heterocycles. The summed E-state index contributed by atoms with van der Waals surface area (Å²) in [6.45, 7) is -1.06. The second-order valence-corrected chi connectivity index (χ2v) is 5.29. The first-order valence-corrected chi connectivity index (χ1v) is 7.46. The van der Waals surface area contributed by atoms with Crippen molar-refractivity contribution >= 4 is 41.1 Å². The van der Waals surface area contributed by atoms with E-state index >= 15 is 0 Å². The lowest BCUT2D eigenvalue weighted by Crippen LogP contribution is -2.45. The van der Waals surface area contributed by atoms with Gasteiger partial charge in [-0.2, -0.15) is 0 Å². The van der Waals surface area contributed by atoms with Gasteiger partial charge in [-0.15, -0.1) is 23.2 Å². The summed E-state index contributed by atoms with van der Waals surface area (Å²) in [7, 11) is 0. The van der Waals surface area contributed by atoms with Gasteiger partial charge in [0.2, 0.25) is 0 Å². The molecule has 0 fully saturated rings. The Kier molecular flexibility index (Phi) is 10.1. The molecule has 0 heterocycles. The minimum Gasteiger partial charge on any atom is -0.481 e. The molecule has 0 bridgehead atoms. The Morgan fingerprint density at radius 3 is 1.87 bits per heavy atom. The van der Waals surface area contributed by atoms with Gasteiger partial charge in [-0.3, -0.25) is 9.59 Å². The van der Waals surface area contributed by atoms with Crippen LogP contribution in [0.4, 0.5) is 0 Å². The predicted molar refractivity (Wildman–Crippen MR) is 77.2 cm³/mol. The van der Waals surface area contributed by atoms with Crippen LogP contribution in [0.1, 0.15) is 12.8 Å². The third-order valence-corrected chi connectivity index (χ3v) is 3.17. The minimum atomic E-state index is -2.68. The lowest BCUT2D eigenvalue weighted by molar-refractivity contribution is -0.178. The number of carbonyl (C=O) groups is 3. The highest BCUT2D eigenvalue weighted by atomic mass is 35.5. The molecule has 134 valence electrons. The molecule has 23 heavy (non-hydrogen) atoms. The fraction of sp³-hybridized carbons (Fsp3) is 0.750. The number of aliphatic hydroxyl groups excluding tert-OH is 2. The van der Waals surface area contributed by atoms with Crippen molar-refractivity contribution in [3.05, 3.63) is 0 Å². The minimum absolute atomic E-state index is 0.203. The number of hydrogen-bond donors (Lipinski definition) is 4. The monoisotopic (exact) mass is 376 g/mol. The molecule has 0 spiro atoms. The zero-order valence-corrected chi connectivity index (χ0v) is 13.5. The number of carbonyl (C=O) groups excluding carboxylic acids is 2. The van der Waals surface area contributed by atoms with Gasteiger partial charge in [0.1, 0.15) is 25.4 Å². The molecule has 0 aliphatic carbocycles. The van der Waals surface area contributed by atoms with Crippen molar-refractivity contribution in [1.29, 1.82) is 0 Å². The van der Waals surface area contributed by atoms with E-state index in [0.717, 1.165) is 0 Å². The normalized spacial score (nSPS) is 16.0. The van der Waals surface area contributed by atoms with Crippen LogP contribution < -0.4 is 0 Å². The molecule has 9 nitrogen and oxygen atoms in total. The Balaban J connectivity index is 4.78. The van der Waals surface area contributed by atoms with Gasteiger partial charge in [-0.25, -0.2) is 4.79 Å². The van der Waals surface area contributed by atoms with E-state index in [4.69, 9.17) is 38.5 Å². The molecular formula is C12H18Cl2O9. The first-order valence-electron chi connectivity index (χ1n) is 6.39. The number of carboxylic acids is 1. The zero-order valence-electron chi connectivity index (χ0n) is 12.0. The Morgan fingerprint density at radius 2 is 1.43 bits per heavy atom. The highest BCUT2D eigenvalue weighted by molar-refractivity contribution is 6.18. The molecule has 0 amide bonds. The molecule has 0 aromatic heterocycles. The average Bonchev–Trinajstić information content (AvgIpc) is 2.48. The summed E-state index contributed by atoms with van der Waals surface area (Å²) in [5.41, 5.74) is -2.68. The smallest absolute Gasteiger partial charge is 0.339 e. The molecule has 3 unspecified atom stereocenters. The fourth-order valence-electron chi connectivity index (χ4n) is 1.33. The number of halogens is 2. The van der Waals surface area contributed by atoms with Gasteiger partial charge in [0.15, 0.2) is 5.60 Å². The lowest BCUT2D eigenvalue weighted by atomic mass is 9.95. The van der Waals surface area contributed by atoms with Crippen molar-refractivity contribution in [2.45, 2.75) is 30.7 Å². The van der Waals surface area contributed by atoms with Crippen LogP contribution in [0, 0.1) is 0 Å². The Morgan fingerprint density at radius 1 is 0.957 bits per heavy atom. The third-order valence-electron chi connectivity index (χ3n) is 2.46. The quantitative estimate of drug-likeness (QED) is 0.259. The average molecular weight is 377 g/mol. The summed E-state index contributed by atoms with van der Waals surface area (Å²) in [5, 5.41) is 37.1. The molecule has 0 radical (unpaired) electrons. The van der Waals surface area contributed by atoms with E-state index in [1.807, 2.05) is 0 Å². The molecular weight excluding hydrogens is 359 g/mol. The Bertz CT molecular complexity index is 417. The van der Waals surface area contributed by atoms with E-state index in [0.29, 0.717) is 0 Å². The van der Waals surface area contributed by atoms with Crippen LogP contribution in [0.5, 0.6) is 0 Å². The van der Waals surface area contributed by atoms with Crippen LogP contribution in [0.3, 0.4) is 0 Å². The molecule has 3 atom stereocenters. The number of esters is 2. The van der Waals surface area contributed by atoms with Gasteiger partial charge in [0.05, 0.1) is 24.6 Å². The van der Waals surface area contributed by atoms with Gasteiger partial charge >= 0.3 is 17.9 Å². The van der Waals surface area contributed by atoms with Crippen LogP contribution in [-0.4, -0.2) is 81.1 Å². The van der Waals surface area contributed by atoms with Crippen molar-refractivity contribution in [1.82, 2.24) is 0 Å². The topological polar surface area (TPSA) is 151 Å². The molecule has 0 aromatic carbocycles. The summed E-state index contributed by atoms with van der Waals surface area (Å²) in [5.74, 6) is -4.56. The predicted octanol–water partition coefficient (Wildman–Crippen LogP) is -1.13. The summed E-state index contributed by atoms with van der Waals surface area (Å²) >= 11 is 10.6. The van der Waals surface area contributed by atoms with Crippen LogP contribution in [-0.2, 0) is 23.9 Å². The summed E-state index contributed by atoms with van der Waals surface area (Å²) < 4.78 is 9.11. The summed E-state index contributed by atoms with van der Waals surface area (Å²) in [6.07, 6.45) is -4.47. The van der Waals surface area contributed by atoms with Gasteiger partial charge in [0, 0.05) is 0 Å². The number of ether oxygens (including phenoxy) is 2. The number of aliphatic hydroxyl groups is 3. The maximum atomic E-state index is 11.8. The van der Waals surface area contributed by atoms with Gasteiger partial charge < -0.3 is 29.9 Å². The number of aliphatic carboxylic acids is 1. The molecule has 0 rings (SSSR count). The van der Waals surface area contributed by atoms with E-state index in [9.17, 15) is 19.5 Å². The third kappa shape index (κ3) is 8.92. The van der Waals surface area contributed by atoms with Gasteiger partial charge in [-0.1, -0.05) is 0 Å². The van der Waals surface area contributed by atoms with Crippen molar-refractivity contribution in [3.8, 4) is 0 Å². The zero-order chi connectivity index (χ0) is 18.0. The maximum absolute atomic E-state index is 11.8. The van der Waals surface area contributed by atoms with Crippen LogP contribution >= 0.6 is 23.2 Å².